The fourth-order valence-corrected chi connectivity index (χ4v) is 2.59. The topological polar surface area (TPSA) is 136 Å². The van der Waals surface area contributed by atoms with Crippen LogP contribution in [-0.2, 0) is 14.2 Å². The first kappa shape index (κ1) is 23.6. The molecule has 2 atom stereocenters. The van der Waals surface area contributed by atoms with Crippen LogP contribution in [0.2, 0.25) is 0 Å². The van der Waals surface area contributed by atoms with Crippen LogP contribution in [-0.4, -0.2) is 59.5 Å². The van der Waals surface area contributed by atoms with Gasteiger partial charge >= 0.3 is 23.9 Å². The van der Waals surface area contributed by atoms with E-state index in [-0.39, 0.29) is 35.5 Å². The molecule has 164 valence electrons. The van der Waals surface area contributed by atoms with Gasteiger partial charge in [-0.05, 0) is 38.1 Å². The minimum absolute atomic E-state index is 0.0224. The van der Waals surface area contributed by atoms with E-state index < -0.39 is 36.1 Å². The first-order chi connectivity index (χ1) is 14.7. The molecule has 0 radical (unpaired) electrons. The Morgan fingerprint density at radius 2 is 1.16 bits per heavy atom. The van der Waals surface area contributed by atoms with Gasteiger partial charge in [0, 0.05) is 0 Å². The molecule has 0 aliphatic heterocycles. The van der Waals surface area contributed by atoms with Gasteiger partial charge in [0.05, 0.1) is 35.0 Å². The lowest BCUT2D eigenvalue weighted by Crippen LogP contribution is -2.27. The van der Waals surface area contributed by atoms with Crippen molar-refractivity contribution < 1.29 is 43.6 Å². The zero-order valence-electron chi connectivity index (χ0n) is 16.9. The van der Waals surface area contributed by atoms with Crippen molar-refractivity contribution >= 4 is 23.9 Å². The third kappa shape index (κ3) is 6.65. The third-order valence-corrected chi connectivity index (χ3v) is 4.13. The summed E-state index contributed by atoms with van der Waals surface area (Å²) in [6.45, 7) is 3.04. The summed E-state index contributed by atoms with van der Waals surface area (Å²) in [6.07, 6.45) is -1.26. The molecule has 2 N–H and O–H groups in total. The van der Waals surface area contributed by atoms with E-state index in [1.807, 2.05) is 0 Å². The average Bonchev–Trinajstić information content (AvgIpc) is 2.75. The van der Waals surface area contributed by atoms with Gasteiger partial charge in [0.25, 0.3) is 0 Å². The van der Waals surface area contributed by atoms with Gasteiger partial charge in [-0.3, -0.25) is 0 Å². The van der Waals surface area contributed by atoms with Crippen molar-refractivity contribution in [2.24, 2.45) is 0 Å². The second kappa shape index (κ2) is 10.9. The molecule has 2 rings (SSSR count). The number of esters is 2. The predicted octanol–water partition coefficient (Wildman–Crippen LogP) is 2.89. The maximum Gasteiger partial charge on any atom is 0.339 e. The smallest absolute Gasteiger partial charge is 0.339 e. The maximum absolute atomic E-state index is 12.2. The standard InChI is InChI=1S/C22H22O9/c1-13(11-30-21(27)17-9-5-3-7-15(17)19(23)24)29-12-14(2)31-22(28)18-10-6-4-8-16(18)20(25)26/h3-10,13-14H,11-12H2,1-2H3,(H,23,24)(H,25,26). The summed E-state index contributed by atoms with van der Waals surface area (Å²) in [7, 11) is 0. The highest BCUT2D eigenvalue weighted by Crippen LogP contribution is 2.13. The van der Waals surface area contributed by atoms with Crippen LogP contribution < -0.4 is 0 Å². The molecule has 31 heavy (non-hydrogen) atoms. The fraction of sp³-hybridized carbons (Fsp3) is 0.273. The summed E-state index contributed by atoms with van der Waals surface area (Å²) in [4.78, 5) is 46.8. The molecule has 0 heterocycles. The lowest BCUT2D eigenvalue weighted by atomic mass is 10.1. The molecule has 2 aromatic rings. The Morgan fingerprint density at radius 3 is 1.65 bits per heavy atom. The third-order valence-electron chi connectivity index (χ3n) is 4.13. The summed E-state index contributed by atoms with van der Waals surface area (Å²) in [6, 6.07) is 11.4. The van der Waals surface area contributed by atoms with E-state index in [0.717, 1.165) is 0 Å². The molecule has 0 fully saturated rings. The summed E-state index contributed by atoms with van der Waals surface area (Å²) in [5, 5.41) is 18.3. The molecular formula is C22H22O9. The van der Waals surface area contributed by atoms with E-state index >= 15 is 0 Å². The molecule has 0 aliphatic rings. The van der Waals surface area contributed by atoms with Crippen LogP contribution in [0.1, 0.15) is 55.3 Å². The number of carboxylic acids is 2. The first-order valence-corrected chi connectivity index (χ1v) is 9.35. The Hall–Kier alpha value is -3.72. The van der Waals surface area contributed by atoms with Crippen molar-refractivity contribution in [3.8, 4) is 0 Å². The predicted molar refractivity (Wildman–Crippen MR) is 107 cm³/mol. The SMILES string of the molecule is CC(COC(=O)c1ccccc1C(=O)O)OCC(C)OC(=O)c1ccccc1C(=O)O. The highest BCUT2D eigenvalue weighted by Gasteiger charge is 2.21. The fourth-order valence-electron chi connectivity index (χ4n) is 2.59. The summed E-state index contributed by atoms with van der Waals surface area (Å²) >= 11 is 0. The minimum Gasteiger partial charge on any atom is -0.478 e. The van der Waals surface area contributed by atoms with Gasteiger partial charge in [-0.15, -0.1) is 0 Å². The van der Waals surface area contributed by atoms with Crippen molar-refractivity contribution in [3.63, 3.8) is 0 Å². The van der Waals surface area contributed by atoms with E-state index in [0.29, 0.717) is 0 Å². The summed E-state index contributed by atoms with van der Waals surface area (Å²) in [5.41, 5.74) is -0.465. The Bertz CT molecular complexity index is 967. The Kier molecular flexibility index (Phi) is 8.27. The number of carboxylic acid groups (broad SMARTS) is 2. The van der Waals surface area contributed by atoms with Gasteiger partial charge in [-0.25, -0.2) is 19.2 Å². The largest absolute Gasteiger partial charge is 0.478 e. The van der Waals surface area contributed by atoms with Crippen molar-refractivity contribution in [1.82, 2.24) is 0 Å². The number of hydrogen-bond donors (Lipinski definition) is 2. The zero-order chi connectivity index (χ0) is 23.0. The molecular weight excluding hydrogens is 408 g/mol. The highest BCUT2D eigenvalue weighted by atomic mass is 16.6. The Balaban J connectivity index is 1.83. The lowest BCUT2D eigenvalue weighted by molar-refractivity contribution is -0.0381. The van der Waals surface area contributed by atoms with Gasteiger partial charge < -0.3 is 24.4 Å². The van der Waals surface area contributed by atoms with E-state index in [1.54, 1.807) is 13.8 Å². The molecule has 0 spiro atoms. The van der Waals surface area contributed by atoms with Crippen LogP contribution in [0.5, 0.6) is 0 Å². The van der Waals surface area contributed by atoms with Gasteiger partial charge in [-0.1, -0.05) is 24.3 Å². The molecule has 0 bridgehead atoms. The van der Waals surface area contributed by atoms with Gasteiger partial charge in [0.1, 0.15) is 12.7 Å². The van der Waals surface area contributed by atoms with Crippen LogP contribution in [0.25, 0.3) is 0 Å². The average molecular weight is 430 g/mol. The molecule has 0 aliphatic carbocycles. The number of carbonyl (C=O) groups is 4. The van der Waals surface area contributed by atoms with Crippen molar-refractivity contribution in [3.05, 3.63) is 70.8 Å². The number of rotatable bonds is 10. The number of benzene rings is 2. The summed E-state index contributed by atoms with van der Waals surface area (Å²) < 4.78 is 15.8. The number of aromatic carboxylic acids is 2. The molecule has 9 nitrogen and oxygen atoms in total. The lowest BCUT2D eigenvalue weighted by Gasteiger charge is -2.18. The van der Waals surface area contributed by atoms with Crippen LogP contribution in [0.15, 0.2) is 48.5 Å². The van der Waals surface area contributed by atoms with E-state index in [2.05, 4.69) is 0 Å². The first-order valence-electron chi connectivity index (χ1n) is 9.35. The number of carbonyl (C=O) groups excluding carboxylic acids is 2. The van der Waals surface area contributed by atoms with Crippen molar-refractivity contribution in [1.29, 1.82) is 0 Å². The van der Waals surface area contributed by atoms with Gasteiger partial charge in [0.2, 0.25) is 0 Å². The van der Waals surface area contributed by atoms with Crippen LogP contribution in [0.3, 0.4) is 0 Å². The minimum atomic E-state index is -1.24. The Labute approximate surface area is 178 Å². The monoisotopic (exact) mass is 430 g/mol. The van der Waals surface area contributed by atoms with Crippen molar-refractivity contribution in [2.45, 2.75) is 26.1 Å². The number of ether oxygens (including phenoxy) is 3. The Morgan fingerprint density at radius 1 is 0.710 bits per heavy atom. The molecule has 0 saturated carbocycles. The van der Waals surface area contributed by atoms with Gasteiger partial charge in [0.15, 0.2) is 0 Å². The van der Waals surface area contributed by atoms with Crippen LogP contribution in [0, 0.1) is 0 Å². The van der Waals surface area contributed by atoms with E-state index in [4.69, 9.17) is 24.4 Å². The second-order valence-corrected chi connectivity index (χ2v) is 6.66. The molecule has 0 aromatic heterocycles. The van der Waals surface area contributed by atoms with Crippen LogP contribution in [0.4, 0.5) is 0 Å². The quantitative estimate of drug-likeness (QED) is 0.545. The van der Waals surface area contributed by atoms with Crippen molar-refractivity contribution in [2.75, 3.05) is 13.2 Å². The molecule has 9 heteroatoms. The van der Waals surface area contributed by atoms with E-state index in [9.17, 15) is 19.2 Å². The molecule has 0 saturated heterocycles. The highest BCUT2D eigenvalue weighted by molar-refractivity contribution is 6.03. The normalized spacial score (nSPS) is 12.5. The van der Waals surface area contributed by atoms with Crippen LogP contribution >= 0.6 is 0 Å². The molecule has 2 unspecified atom stereocenters. The zero-order valence-corrected chi connectivity index (χ0v) is 16.9. The maximum atomic E-state index is 12.2. The summed E-state index contributed by atoms with van der Waals surface area (Å²) in [5.74, 6) is -4.06. The van der Waals surface area contributed by atoms with Gasteiger partial charge in [-0.2, -0.15) is 0 Å². The number of hydrogen-bond acceptors (Lipinski definition) is 7. The second-order valence-electron chi connectivity index (χ2n) is 6.66. The van der Waals surface area contributed by atoms with E-state index in [1.165, 1.54) is 48.5 Å². The molecule has 2 aromatic carbocycles. The molecule has 0 amide bonds.